The first kappa shape index (κ1) is 99.1. The summed E-state index contributed by atoms with van der Waals surface area (Å²) in [5, 5.41) is 0. The van der Waals surface area contributed by atoms with E-state index >= 15 is 0 Å². The van der Waals surface area contributed by atoms with Crippen LogP contribution in [0.15, 0.2) is 109 Å². The molecule has 0 bridgehead atoms. The highest BCUT2D eigenvalue weighted by molar-refractivity contribution is 7.43. The van der Waals surface area contributed by atoms with Gasteiger partial charge in [0.25, 0.3) is 0 Å². The minimum absolute atomic E-state index is 0.0671. The van der Waals surface area contributed by atoms with Gasteiger partial charge in [0, 0.05) is 22.6 Å². The fraction of sp³-hybridized carbons (Fsp3) is 0.650. The Balaban J connectivity index is 1.48. The van der Waals surface area contributed by atoms with E-state index in [9.17, 15) is 0 Å². The number of unbranched alkanes of at least 4 members (excludes halogenated alkanes) is 30. The van der Waals surface area contributed by atoms with Crippen LogP contribution < -0.4 is 27.1 Å². The quantitative estimate of drug-likeness (QED) is 0.0274. The van der Waals surface area contributed by atoms with Gasteiger partial charge in [-0.2, -0.15) is 0 Å². The number of hydrogen-bond acceptors (Lipinski definition) is 9. The van der Waals surface area contributed by atoms with Crippen LogP contribution in [0.5, 0.6) is 34.5 Å². The van der Waals surface area contributed by atoms with Crippen molar-refractivity contribution in [2.24, 2.45) is 0 Å². The topological polar surface area (TPSA) is 83.1 Å². The zero-order valence-corrected chi connectivity index (χ0v) is 79.2. The molecule has 0 saturated carbocycles. The molecule has 3 atom stereocenters. The first-order chi connectivity index (χ1) is 55.4. The first-order valence-electron chi connectivity index (χ1n) is 46.5. The van der Waals surface area contributed by atoms with Crippen LogP contribution in [-0.2, 0) is 49.1 Å². The standard InChI is InChI=1S/C103H163O9P3/c1-20-26-32-38-44-50-59-85-62-56-65-88(75-85)107-114(106-70-55-49-43-37-31-25-6)111-99-74-84(10)93(80-97(99)103(17,18)19)94(92-79-96(102(14,15)16)98(73-83(92)9)110-113(104-68-53-47-41-35-29-23-4)105-69-54-48-42-36-30-24-5)71-81(7)91-78-95(101(11,12)13)100(72-82(91)8)112-115(108-89-66-57-63-86(76-89)60-51-45-39-33-27-21-2)109-90-67-58-64-87(77-90)61-52-46-40-34-28-22-3/h56-58,62-67,72-81,94H,20-55,59-61,68-71H2,1-19H3. The molecule has 0 heterocycles. The normalized spacial score (nSPS) is 12.9. The van der Waals surface area contributed by atoms with E-state index in [-0.39, 0.29) is 28.1 Å². The van der Waals surface area contributed by atoms with Gasteiger partial charge in [-0.25, -0.2) is 0 Å². The highest BCUT2D eigenvalue weighted by atomic mass is 31.2. The zero-order chi connectivity index (χ0) is 83.3. The average molecular weight is 1640 g/mol. The Bertz CT molecular complexity index is 3520. The van der Waals surface area contributed by atoms with Crippen molar-refractivity contribution in [1.82, 2.24) is 0 Å². The van der Waals surface area contributed by atoms with Gasteiger partial charge in [-0.1, -0.05) is 358 Å². The number of benzene rings is 6. The summed E-state index contributed by atoms with van der Waals surface area (Å²) in [6.45, 7) is 45.6. The van der Waals surface area contributed by atoms with E-state index in [0.717, 1.165) is 139 Å². The SMILES string of the molecule is CCCCCCCCOP(OCCCCCCCC)Oc1cc(C)c(C(CC(C)c2cc(C(C)(C)C)c(OP(Oc3cccc(CCCCCCCC)c3)Oc3cccc(CCCCCCCC)c3)cc2C)c2cc(C(C)(C)C)c(OP(OCCCCCCCC)Oc3cccc(CCCCCCCC)c3)cc2C)cc1C(C)(C)C. The maximum Gasteiger partial charge on any atom is 0.530 e. The van der Waals surface area contributed by atoms with Crippen LogP contribution in [0.1, 0.15) is 427 Å². The van der Waals surface area contributed by atoms with Crippen molar-refractivity contribution in [2.45, 2.75) is 416 Å². The lowest BCUT2D eigenvalue weighted by Crippen LogP contribution is -2.19. The summed E-state index contributed by atoms with van der Waals surface area (Å²) in [7, 11) is -5.48. The fourth-order valence-electron chi connectivity index (χ4n) is 15.6. The van der Waals surface area contributed by atoms with Gasteiger partial charge in [0.15, 0.2) is 0 Å². The number of rotatable bonds is 62. The molecule has 0 aliphatic carbocycles. The van der Waals surface area contributed by atoms with Crippen molar-refractivity contribution < 1.29 is 40.7 Å². The lowest BCUT2D eigenvalue weighted by molar-refractivity contribution is 0.197. The second-order valence-corrected chi connectivity index (χ2v) is 39.8. The minimum Gasteiger partial charge on any atom is -0.426 e. The van der Waals surface area contributed by atoms with Gasteiger partial charge >= 0.3 is 25.8 Å². The Kier molecular flexibility index (Phi) is 47.6. The lowest BCUT2D eigenvalue weighted by Gasteiger charge is -2.33. The Labute approximate surface area is 708 Å². The maximum atomic E-state index is 7.33. The predicted molar refractivity (Wildman–Crippen MR) is 498 cm³/mol. The Morgan fingerprint density at radius 1 is 0.278 bits per heavy atom. The largest absolute Gasteiger partial charge is 0.530 e. The summed E-state index contributed by atoms with van der Waals surface area (Å²) >= 11 is 0. The second kappa shape index (κ2) is 55.3. The van der Waals surface area contributed by atoms with Crippen LogP contribution in [0, 0.1) is 20.8 Å². The van der Waals surface area contributed by atoms with E-state index in [1.807, 2.05) is 0 Å². The molecule has 0 N–H and O–H groups in total. The molecule has 0 saturated heterocycles. The molecular formula is C103H163O9P3. The summed E-state index contributed by atoms with van der Waals surface area (Å²) in [6.07, 6.45) is 47.8. The van der Waals surface area contributed by atoms with Crippen LogP contribution in [0.4, 0.5) is 0 Å². The Hall–Kier alpha value is -4.71. The minimum atomic E-state index is -1.98. The molecule has 9 nitrogen and oxygen atoms in total. The summed E-state index contributed by atoms with van der Waals surface area (Å²) < 4.78 is 63.1. The van der Waals surface area contributed by atoms with Crippen molar-refractivity contribution in [3.05, 3.63) is 176 Å². The van der Waals surface area contributed by atoms with Crippen LogP contribution in [-0.4, -0.2) is 19.8 Å². The van der Waals surface area contributed by atoms with E-state index in [4.69, 9.17) is 40.7 Å². The Morgan fingerprint density at radius 3 is 0.861 bits per heavy atom. The molecule has 3 unspecified atom stereocenters. The molecule has 0 aromatic heterocycles. The fourth-order valence-corrected chi connectivity index (χ4v) is 18.7. The van der Waals surface area contributed by atoms with Gasteiger partial charge in [-0.05, 0) is 212 Å². The molecule has 6 rings (SSSR count). The first-order valence-corrected chi connectivity index (χ1v) is 49.8. The third-order valence-electron chi connectivity index (χ3n) is 22.7. The number of hydrogen-bond donors (Lipinski definition) is 0. The van der Waals surface area contributed by atoms with Crippen molar-refractivity contribution in [3.8, 4) is 34.5 Å². The van der Waals surface area contributed by atoms with E-state index in [0.29, 0.717) is 19.8 Å². The van der Waals surface area contributed by atoms with Crippen LogP contribution in [0.25, 0.3) is 0 Å². The lowest BCUT2D eigenvalue weighted by atomic mass is 9.74. The molecule has 0 aliphatic rings. The van der Waals surface area contributed by atoms with E-state index < -0.39 is 25.8 Å². The third kappa shape index (κ3) is 37.9. The molecule has 0 spiro atoms. The smallest absolute Gasteiger partial charge is 0.426 e. The second-order valence-electron chi connectivity index (χ2n) is 36.6. The van der Waals surface area contributed by atoms with Gasteiger partial charge < -0.3 is 36.2 Å². The molecule has 12 heteroatoms. The van der Waals surface area contributed by atoms with E-state index in [1.54, 1.807) is 0 Å². The third-order valence-corrected chi connectivity index (χ3v) is 26.0. The molecule has 0 amide bonds. The van der Waals surface area contributed by atoms with Crippen LogP contribution in [0.2, 0.25) is 0 Å². The molecule has 0 aliphatic heterocycles. The summed E-state index contributed by atoms with van der Waals surface area (Å²) in [5.74, 6) is 4.75. The predicted octanol–water partition coefficient (Wildman–Crippen LogP) is 34.7. The van der Waals surface area contributed by atoms with Crippen molar-refractivity contribution >= 4 is 25.8 Å². The van der Waals surface area contributed by atoms with Gasteiger partial charge in [0.2, 0.25) is 0 Å². The Morgan fingerprint density at radius 2 is 0.539 bits per heavy atom. The molecule has 6 aromatic rings. The molecule has 0 fully saturated rings. The van der Waals surface area contributed by atoms with E-state index in [1.165, 1.54) is 219 Å². The molecule has 0 radical (unpaired) electrons. The van der Waals surface area contributed by atoms with Gasteiger partial charge in [0.05, 0.1) is 19.8 Å². The summed E-state index contributed by atoms with van der Waals surface area (Å²) in [4.78, 5) is 0. The van der Waals surface area contributed by atoms with Gasteiger partial charge in [-0.3, -0.25) is 4.52 Å². The molecular weight excluding hydrogens is 1470 g/mol. The van der Waals surface area contributed by atoms with Crippen LogP contribution >= 0.6 is 25.8 Å². The van der Waals surface area contributed by atoms with E-state index in [2.05, 4.69) is 241 Å². The summed E-state index contributed by atoms with van der Waals surface area (Å²) in [5.41, 5.74) is 13.6. The molecule has 115 heavy (non-hydrogen) atoms. The van der Waals surface area contributed by atoms with Crippen molar-refractivity contribution in [3.63, 3.8) is 0 Å². The molecule has 644 valence electrons. The number of aryl methyl sites for hydroxylation is 6. The molecule has 6 aromatic carbocycles. The van der Waals surface area contributed by atoms with Crippen molar-refractivity contribution in [2.75, 3.05) is 19.8 Å². The average Bonchev–Trinajstić information content (AvgIpc) is 0.725. The highest BCUT2D eigenvalue weighted by Gasteiger charge is 2.34. The van der Waals surface area contributed by atoms with Gasteiger partial charge in [0.1, 0.15) is 34.5 Å². The summed E-state index contributed by atoms with van der Waals surface area (Å²) in [6, 6.07) is 40.2. The monoisotopic (exact) mass is 1640 g/mol. The highest BCUT2D eigenvalue weighted by Crippen LogP contribution is 2.53. The van der Waals surface area contributed by atoms with Crippen LogP contribution in [0.3, 0.4) is 0 Å². The van der Waals surface area contributed by atoms with Crippen molar-refractivity contribution in [1.29, 1.82) is 0 Å². The zero-order valence-electron chi connectivity index (χ0n) is 76.5. The van der Waals surface area contributed by atoms with Gasteiger partial charge in [-0.15, -0.1) is 0 Å². The maximum absolute atomic E-state index is 7.33.